The fraction of sp³-hybridized carbons (Fsp3) is 0.667. The maximum Gasteiger partial charge on any atom is 0.325 e. The number of carbonyl (C=O) groups excluding carboxylic acids is 2. The first-order chi connectivity index (χ1) is 12.9. The summed E-state index contributed by atoms with van der Waals surface area (Å²) in [6.45, 7) is 10.2. The molecule has 1 atom stereocenters. The minimum atomic E-state index is -0.773. The lowest BCUT2D eigenvalue weighted by molar-refractivity contribution is -0.130. The predicted molar refractivity (Wildman–Crippen MR) is 108 cm³/mol. The largest absolute Gasteiger partial charge is 0.357 e. The van der Waals surface area contributed by atoms with Gasteiger partial charge in [-0.25, -0.2) is 9.78 Å². The van der Waals surface area contributed by atoms with Crippen LogP contribution in [0.25, 0.3) is 0 Å². The average Bonchev–Trinajstić information content (AvgIpc) is 3.14. The lowest BCUT2D eigenvalue weighted by atomic mass is 9.99. The quantitative estimate of drug-likeness (QED) is 0.256. The van der Waals surface area contributed by atoms with Crippen LogP contribution in [0.5, 0.6) is 0 Å². The number of guanidine groups is 1. The molecule has 0 saturated carbocycles. The molecule has 0 aliphatic carbocycles. The molecule has 150 valence electrons. The van der Waals surface area contributed by atoms with Crippen molar-refractivity contribution in [1.29, 1.82) is 0 Å². The molecule has 0 aromatic carbocycles. The molecule has 1 aromatic heterocycles. The summed E-state index contributed by atoms with van der Waals surface area (Å²) in [7, 11) is 0. The number of hydrogen-bond donors (Lipinski definition) is 3. The van der Waals surface area contributed by atoms with Crippen LogP contribution in [-0.4, -0.2) is 59.5 Å². The lowest BCUT2D eigenvalue weighted by Gasteiger charge is -2.19. The molecule has 1 saturated heterocycles. The number of aromatic nitrogens is 1. The Morgan fingerprint density at radius 2 is 2.15 bits per heavy atom. The summed E-state index contributed by atoms with van der Waals surface area (Å²) in [5.41, 5.74) is -0.773. The van der Waals surface area contributed by atoms with E-state index in [9.17, 15) is 9.59 Å². The SMILES string of the molecule is CCNC(=NCCCN1C(=O)NC(C)(CC)C1=O)NCCc1ncc(C)s1. The summed E-state index contributed by atoms with van der Waals surface area (Å²) >= 11 is 1.70. The highest BCUT2D eigenvalue weighted by Gasteiger charge is 2.45. The number of amides is 3. The van der Waals surface area contributed by atoms with Gasteiger partial charge in [0.05, 0.1) is 5.01 Å². The molecule has 1 unspecified atom stereocenters. The molecule has 2 rings (SSSR count). The Morgan fingerprint density at radius 3 is 2.74 bits per heavy atom. The van der Waals surface area contributed by atoms with Crippen LogP contribution in [0.4, 0.5) is 4.79 Å². The van der Waals surface area contributed by atoms with Gasteiger partial charge in [0.15, 0.2) is 5.96 Å². The van der Waals surface area contributed by atoms with Gasteiger partial charge < -0.3 is 16.0 Å². The Labute approximate surface area is 164 Å². The molecule has 9 heteroatoms. The van der Waals surface area contributed by atoms with Crippen molar-refractivity contribution in [3.63, 3.8) is 0 Å². The molecule has 0 spiro atoms. The van der Waals surface area contributed by atoms with E-state index in [0.717, 1.165) is 30.5 Å². The second kappa shape index (κ2) is 9.68. The number of nitrogens with zero attached hydrogens (tertiary/aromatic N) is 3. The van der Waals surface area contributed by atoms with Gasteiger partial charge in [-0.05, 0) is 33.6 Å². The first kappa shape index (κ1) is 21.1. The maximum absolute atomic E-state index is 12.4. The number of hydrogen-bond acceptors (Lipinski definition) is 5. The summed E-state index contributed by atoms with van der Waals surface area (Å²) < 4.78 is 0. The van der Waals surface area contributed by atoms with Gasteiger partial charge in [0, 0.05) is 43.7 Å². The number of imide groups is 1. The van der Waals surface area contributed by atoms with Crippen molar-refractivity contribution in [3.8, 4) is 0 Å². The Balaban J connectivity index is 1.77. The van der Waals surface area contributed by atoms with E-state index >= 15 is 0 Å². The van der Waals surface area contributed by atoms with Crippen LogP contribution in [0.3, 0.4) is 0 Å². The zero-order chi connectivity index (χ0) is 19.9. The van der Waals surface area contributed by atoms with E-state index in [2.05, 4.69) is 32.9 Å². The van der Waals surface area contributed by atoms with Crippen molar-refractivity contribution < 1.29 is 9.59 Å². The van der Waals surface area contributed by atoms with Crippen molar-refractivity contribution in [2.24, 2.45) is 4.99 Å². The number of aliphatic imine (C=N–C) groups is 1. The summed E-state index contributed by atoms with van der Waals surface area (Å²) in [5, 5.41) is 10.4. The Bertz CT molecular complexity index is 689. The van der Waals surface area contributed by atoms with Crippen LogP contribution in [0.1, 0.15) is 43.5 Å². The van der Waals surface area contributed by atoms with Crippen molar-refractivity contribution >= 4 is 29.2 Å². The average molecular weight is 395 g/mol. The number of nitrogens with one attached hydrogen (secondary N) is 3. The highest BCUT2D eigenvalue weighted by Crippen LogP contribution is 2.20. The zero-order valence-corrected chi connectivity index (χ0v) is 17.4. The lowest BCUT2D eigenvalue weighted by Crippen LogP contribution is -2.43. The summed E-state index contributed by atoms with van der Waals surface area (Å²) in [6.07, 6.45) is 3.94. The van der Waals surface area contributed by atoms with Crippen LogP contribution in [0.2, 0.25) is 0 Å². The van der Waals surface area contributed by atoms with Gasteiger partial charge in [-0.15, -0.1) is 11.3 Å². The van der Waals surface area contributed by atoms with E-state index in [0.29, 0.717) is 25.9 Å². The Hall–Kier alpha value is -2.16. The van der Waals surface area contributed by atoms with Gasteiger partial charge in [-0.3, -0.25) is 14.7 Å². The van der Waals surface area contributed by atoms with Gasteiger partial charge in [-0.2, -0.15) is 0 Å². The fourth-order valence-electron chi connectivity index (χ4n) is 2.76. The van der Waals surface area contributed by atoms with E-state index < -0.39 is 5.54 Å². The molecule has 3 N–H and O–H groups in total. The van der Waals surface area contributed by atoms with Gasteiger partial charge in [-0.1, -0.05) is 6.92 Å². The molecule has 1 fully saturated rings. The molecule has 3 amide bonds. The zero-order valence-electron chi connectivity index (χ0n) is 16.6. The Kier molecular flexibility index (Phi) is 7.58. The first-order valence-corrected chi connectivity index (χ1v) is 10.3. The van der Waals surface area contributed by atoms with Gasteiger partial charge >= 0.3 is 6.03 Å². The van der Waals surface area contributed by atoms with Crippen LogP contribution in [0, 0.1) is 6.92 Å². The van der Waals surface area contributed by atoms with Crippen molar-refractivity contribution in [2.75, 3.05) is 26.2 Å². The second-order valence-corrected chi connectivity index (χ2v) is 8.05. The first-order valence-electron chi connectivity index (χ1n) is 9.47. The molecule has 1 aliphatic heterocycles. The van der Waals surface area contributed by atoms with E-state index in [1.54, 1.807) is 18.3 Å². The number of rotatable bonds is 9. The van der Waals surface area contributed by atoms with Gasteiger partial charge in [0.2, 0.25) is 0 Å². The molecule has 1 aliphatic rings. The molecule has 0 radical (unpaired) electrons. The summed E-state index contributed by atoms with van der Waals surface area (Å²) in [6, 6.07) is -0.308. The maximum atomic E-state index is 12.4. The highest BCUT2D eigenvalue weighted by molar-refractivity contribution is 7.11. The van der Waals surface area contributed by atoms with E-state index in [1.165, 1.54) is 9.78 Å². The summed E-state index contributed by atoms with van der Waals surface area (Å²) in [4.78, 5) is 35.7. The highest BCUT2D eigenvalue weighted by atomic mass is 32.1. The number of thiazole rings is 1. The molecule has 27 heavy (non-hydrogen) atoms. The predicted octanol–water partition coefficient (Wildman–Crippen LogP) is 1.66. The van der Waals surface area contributed by atoms with E-state index in [-0.39, 0.29) is 11.9 Å². The third-order valence-corrected chi connectivity index (χ3v) is 5.48. The van der Waals surface area contributed by atoms with Crippen molar-refractivity contribution in [2.45, 2.75) is 52.5 Å². The minimum absolute atomic E-state index is 0.150. The van der Waals surface area contributed by atoms with Gasteiger partial charge in [0.25, 0.3) is 5.91 Å². The minimum Gasteiger partial charge on any atom is -0.357 e. The van der Waals surface area contributed by atoms with Crippen molar-refractivity contribution in [3.05, 3.63) is 16.1 Å². The number of urea groups is 1. The fourth-order valence-corrected chi connectivity index (χ4v) is 3.54. The smallest absolute Gasteiger partial charge is 0.325 e. The molecular weight excluding hydrogens is 364 g/mol. The molecular formula is C18H30N6O2S. The summed E-state index contributed by atoms with van der Waals surface area (Å²) in [5.74, 6) is 0.587. The van der Waals surface area contributed by atoms with Crippen LogP contribution < -0.4 is 16.0 Å². The van der Waals surface area contributed by atoms with Gasteiger partial charge in [0.1, 0.15) is 5.54 Å². The molecule has 2 heterocycles. The number of carbonyl (C=O) groups is 2. The third kappa shape index (κ3) is 5.66. The van der Waals surface area contributed by atoms with Crippen LogP contribution >= 0.6 is 11.3 Å². The second-order valence-electron chi connectivity index (χ2n) is 6.73. The monoisotopic (exact) mass is 394 g/mol. The van der Waals surface area contributed by atoms with Crippen LogP contribution in [-0.2, 0) is 11.2 Å². The standard InChI is InChI=1S/C18H30N6O2S/c1-5-18(4)15(25)24(17(26)23-18)11-7-9-20-16(19-6-2)21-10-8-14-22-12-13(3)27-14/h12H,5-11H2,1-4H3,(H,23,26)(H2,19,20,21). The molecule has 1 aromatic rings. The molecule has 8 nitrogen and oxygen atoms in total. The van der Waals surface area contributed by atoms with E-state index in [4.69, 9.17) is 0 Å². The molecule has 0 bridgehead atoms. The third-order valence-electron chi connectivity index (χ3n) is 4.51. The van der Waals surface area contributed by atoms with E-state index in [1.807, 2.05) is 20.0 Å². The number of aryl methyl sites for hydroxylation is 1. The van der Waals surface area contributed by atoms with Crippen LogP contribution in [0.15, 0.2) is 11.2 Å². The normalized spacial score (nSPS) is 20.1. The Morgan fingerprint density at radius 1 is 1.37 bits per heavy atom. The topological polar surface area (TPSA) is 98.7 Å². The van der Waals surface area contributed by atoms with Crippen molar-refractivity contribution in [1.82, 2.24) is 25.8 Å².